The van der Waals surface area contributed by atoms with Gasteiger partial charge in [-0.05, 0) is 36.5 Å². The minimum atomic E-state index is -0.152. The number of nitrogens with one attached hydrogen (secondary N) is 1. The van der Waals surface area contributed by atoms with Gasteiger partial charge in [0.2, 0.25) is 0 Å². The molecule has 1 aliphatic carbocycles. The van der Waals surface area contributed by atoms with Gasteiger partial charge in [-0.25, -0.2) is 0 Å². The van der Waals surface area contributed by atoms with Crippen molar-refractivity contribution < 1.29 is 4.79 Å². The van der Waals surface area contributed by atoms with Crippen molar-refractivity contribution in [2.75, 3.05) is 6.54 Å². The number of hydrogen-bond donors (Lipinski definition) is 2. The molecule has 4 rings (SSSR count). The number of halogens is 1. The Morgan fingerprint density at radius 2 is 1.89 bits per heavy atom. The summed E-state index contributed by atoms with van der Waals surface area (Å²) in [6, 6.07) is 17.4. The molecule has 28 heavy (non-hydrogen) atoms. The average Bonchev–Trinajstić information content (AvgIpc) is 3.48. The van der Waals surface area contributed by atoms with Crippen LogP contribution in [0, 0.1) is 5.92 Å². The van der Waals surface area contributed by atoms with Crippen LogP contribution in [0.3, 0.4) is 0 Å². The number of carbonyl (C=O) groups is 1. The van der Waals surface area contributed by atoms with Gasteiger partial charge in [0.25, 0.3) is 5.91 Å². The lowest BCUT2D eigenvalue weighted by atomic mass is 10.1. The molecular weight excluding hydrogens is 372 g/mol. The Hall–Kier alpha value is -2.63. The van der Waals surface area contributed by atoms with Gasteiger partial charge in [-0.2, -0.15) is 5.10 Å². The zero-order valence-electron chi connectivity index (χ0n) is 15.5. The lowest BCUT2D eigenvalue weighted by Crippen LogP contribution is -2.38. The van der Waals surface area contributed by atoms with E-state index < -0.39 is 0 Å². The Balaban J connectivity index is 1.60. The van der Waals surface area contributed by atoms with Gasteiger partial charge in [-0.1, -0.05) is 54.1 Å². The first kappa shape index (κ1) is 18.7. The molecular formula is C22H23ClN4O. The third-order valence-corrected chi connectivity index (χ3v) is 5.29. The van der Waals surface area contributed by atoms with E-state index in [2.05, 4.69) is 10.4 Å². The molecule has 1 saturated carbocycles. The highest BCUT2D eigenvalue weighted by atomic mass is 35.5. The van der Waals surface area contributed by atoms with Crippen LogP contribution in [0.25, 0.3) is 11.3 Å². The summed E-state index contributed by atoms with van der Waals surface area (Å²) in [6.07, 6.45) is 4.11. The van der Waals surface area contributed by atoms with Crippen LogP contribution in [0.4, 0.5) is 0 Å². The maximum Gasteiger partial charge on any atom is 0.255 e. The van der Waals surface area contributed by atoms with Gasteiger partial charge in [0.1, 0.15) is 5.69 Å². The van der Waals surface area contributed by atoms with E-state index in [9.17, 15) is 4.79 Å². The molecule has 1 aliphatic rings. The van der Waals surface area contributed by atoms with Gasteiger partial charge in [0.05, 0.1) is 12.1 Å². The van der Waals surface area contributed by atoms with Crippen molar-refractivity contribution >= 4 is 17.5 Å². The van der Waals surface area contributed by atoms with Crippen LogP contribution in [0.1, 0.15) is 28.8 Å². The van der Waals surface area contributed by atoms with Crippen molar-refractivity contribution in [3.8, 4) is 11.3 Å². The number of nitrogens with two attached hydrogens (primary N) is 1. The van der Waals surface area contributed by atoms with Crippen LogP contribution in [0.5, 0.6) is 0 Å². The Kier molecular flexibility index (Phi) is 5.46. The summed E-state index contributed by atoms with van der Waals surface area (Å²) in [6.45, 7) is 1.07. The van der Waals surface area contributed by atoms with Gasteiger partial charge in [-0.15, -0.1) is 0 Å². The summed E-state index contributed by atoms with van der Waals surface area (Å²) in [5, 5.41) is 8.31. The predicted octanol–water partition coefficient (Wildman–Crippen LogP) is 3.72. The molecule has 0 bridgehead atoms. The van der Waals surface area contributed by atoms with Crippen LogP contribution in [0.15, 0.2) is 60.8 Å². The SMILES string of the molecule is NC(CNC(=O)c1cn(Cc2ccccc2)nc1-c1ccc(Cl)cc1)C1CC1. The first-order chi connectivity index (χ1) is 13.6. The fraction of sp³-hybridized carbons (Fsp3) is 0.273. The molecule has 6 heteroatoms. The lowest BCUT2D eigenvalue weighted by Gasteiger charge is -2.11. The summed E-state index contributed by atoms with van der Waals surface area (Å²) < 4.78 is 1.80. The van der Waals surface area contributed by atoms with Gasteiger partial charge in [0.15, 0.2) is 0 Å². The van der Waals surface area contributed by atoms with Crippen molar-refractivity contribution in [2.24, 2.45) is 11.7 Å². The van der Waals surface area contributed by atoms with E-state index in [1.54, 1.807) is 23.0 Å². The monoisotopic (exact) mass is 394 g/mol. The molecule has 0 saturated heterocycles. The second kappa shape index (κ2) is 8.17. The molecule has 1 amide bonds. The number of amides is 1. The molecule has 5 nitrogen and oxygen atoms in total. The number of nitrogens with zero attached hydrogens (tertiary/aromatic N) is 2. The zero-order chi connectivity index (χ0) is 19.5. The maximum atomic E-state index is 12.9. The Bertz CT molecular complexity index is 948. The standard InChI is InChI=1S/C22H23ClN4O/c23-18-10-8-17(9-11-18)21-19(22(28)25-12-20(24)16-6-7-16)14-27(26-21)13-15-4-2-1-3-5-15/h1-5,8-11,14,16,20H,6-7,12-13,24H2,(H,25,28). The molecule has 0 radical (unpaired) electrons. The van der Waals surface area contributed by atoms with Crippen molar-refractivity contribution in [1.82, 2.24) is 15.1 Å². The van der Waals surface area contributed by atoms with Gasteiger partial charge in [-0.3, -0.25) is 9.48 Å². The van der Waals surface area contributed by atoms with Crippen molar-refractivity contribution in [2.45, 2.75) is 25.4 Å². The van der Waals surface area contributed by atoms with Gasteiger partial charge in [0, 0.05) is 29.4 Å². The molecule has 0 aliphatic heterocycles. The minimum Gasteiger partial charge on any atom is -0.350 e. The fourth-order valence-electron chi connectivity index (χ4n) is 3.26. The summed E-state index contributed by atoms with van der Waals surface area (Å²) >= 11 is 6.02. The molecule has 0 spiro atoms. The summed E-state index contributed by atoms with van der Waals surface area (Å²) in [4.78, 5) is 12.9. The van der Waals surface area contributed by atoms with Crippen molar-refractivity contribution in [1.29, 1.82) is 0 Å². The van der Waals surface area contributed by atoms with E-state index in [0.29, 0.717) is 35.3 Å². The van der Waals surface area contributed by atoms with E-state index in [1.807, 2.05) is 42.5 Å². The predicted molar refractivity (Wildman–Crippen MR) is 111 cm³/mol. The van der Waals surface area contributed by atoms with E-state index in [-0.39, 0.29) is 11.9 Å². The molecule has 1 heterocycles. The van der Waals surface area contributed by atoms with Crippen LogP contribution in [-0.4, -0.2) is 28.3 Å². The molecule has 1 unspecified atom stereocenters. The molecule has 3 aromatic rings. The quantitative estimate of drug-likeness (QED) is 0.641. The van der Waals surface area contributed by atoms with Crippen LogP contribution in [-0.2, 0) is 6.54 Å². The maximum absolute atomic E-state index is 12.9. The van der Waals surface area contributed by atoms with E-state index in [1.165, 1.54) is 0 Å². The van der Waals surface area contributed by atoms with Gasteiger partial charge >= 0.3 is 0 Å². The first-order valence-electron chi connectivity index (χ1n) is 9.51. The lowest BCUT2D eigenvalue weighted by molar-refractivity contribution is 0.0951. The van der Waals surface area contributed by atoms with E-state index in [4.69, 9.17) is 17.3 Å². The molecule has 1 fully saturated rings. The Morgan fingerprint density at radius 1 is 1.18 bits per heavy atom. The first-order valence-corrected chi connectivity index (χ1v) is 9.89. The molecule has 1 aromatic heterocycles. The highest BCUT2D eigenvalue weighted by Gasteiger charge is 2.29. The summed E-state index contributed by atoms with van der Waals surface area (Å²) in [7, 11) is 0. The Morgan fingerprint density at radius 3 is 2.57 bits per heavy atom. The number of benzene rings is 2. The molecule has 1 atom stereocenters. The normalized spacial score (nSPS) is 14.6. The second-order valence-electron chi connectivity index (χ2n) is 7.29. The van der Waals surface area contributed by atoms with Crippen molar-refractivity contribution in [3.63, 3.8) is 0 Å². The van der Waals surface area contributed by atoms with Crippen LogP contribution < -0.4 is 11.1 Å². The topological polar surface area (TPSA) is 72.9 Å². The molecule has 2 aromatic carbocycles. The van der Waals surface area contributed by atoms with E-state index >= 15 is 0 Å². The zero-order valence-corrected chi connectivity index (χ0v) is 16.3. The highest BCUT2D eigenvalue weighted by Crippen LogP contribution is 2.31. The molecule has 144 valence electrons. The van der Waals surface area contributed by atoms with Crippen molar-refractivity contribution in [3.05, 3.63) is 76.9 Å². The van der Waals surface area contributed by atoms with Gasteiger partial charge < -0.3 is 11.1 Å². The number of carbonyl (C=O) groups excluding carboxylic acids is 1. The average molecular weight is 395 g/mol. The summed E-state index contributed by atoms with van der Waals surface area (Å²) in [5.41, 5.74) is 9.29. The van der Waals surface area contributed by atoms with Crippen LogP contribution in [0.2, 0.25) is 5.02 Å². The highest BCUT2D eigenvalue weighted by molar-refractivity contribution is 6.30. The van der Waals surface area contributed by atoms with E-state index in [0.717, 1.165) is 24.0 Å². The van der Waals surface area contributed by atoms with Crippen LogP contribution >= 0.6 is 11.6 Å². The minimum absolute atomic E-state index is 0.0160. The summed E-state index contributed by atoms with van der Waals surface area (Å²) in [5.74, 6) is 0.386. The third kappa shape index (κ3) is 4.43. The fourth-order valence-corrected chi connectivity index (χ4v) is 3.38. The molecule has 3 N–H and O–H groups in total. The third-order valence-electron chi connectivity index (χ3n) is 5.04. The number of hydrogen-bond acceptors (Lipinski definition) is 3. The number of aromatic nitrogens is 2. The smallest absolute Gasteiger partial charge is 0.255 e. The largest absolute Gasteiger partial charge is 0.350 e. The Labute approximate surface area is 169 Å². The number of rotatable bonds is 7. The second-order valence-corrected chi connectivity index (χ2v) is 7.73.